The largest absolute Gasteiger partial charge is 0.496 e. The first-order valence-electron chi connectivity index (χ1n) is 11.0. The maximum Gasteiger partial charge on any atom is 0.406 e. The second-order valence-corrected chi connectivity index (χ2v) is 8.24. The van der Waals surface area contributed by atoms with Crippen molar-refractivity contribution in [1.29, 1.82) is 0 Å². The third-order valence-corrected chi connectivity index (χ3v) is 5.93. The summed E-state index contributed by atoms with van der Waals surface area (Å²) in [5, 5.41) is 8.23. The number of benzene rings is 3. The van der Waals surface area contributed by atoms with Gasteiger partial charge in [0.1, 0.15) is 5.75 Å². The molecular weight excluding hydrogens is 414 g/mol. The van der Waals surface area contributed by atoms with E-state index in [2.05, 4.69) is 48.7 Å². The van der Waals surface area contributed by atoms with E-state index in [1.165, 1.54) is 11.1 Å². The average molecular weight is 444 g/mol. The molecule has 4 aromatic rings. The molecule has 0 aliphatic rings. The molecule has 170 valence electrons. The number of carbonyl (C=O) groups excluding carboxylic acids is 1. The Morgan fingerprint density at radius 3 is 2.36 bits per heavy atom. The quantitative estimate of drug-likeness (QED) is 0.360. The molecule has 0 saturated heterocycles. The molecule has 3 aromatic carbocycles. The van der Waals surface area contributed by atoms with E-state index in [0.29, 0.717) is 13.0 Å². The lowest BCUT2D eigenvalue weighted by Gasteiger charge is -2.17. The molecule has 2 N–H and O–H groups in total. The number of carbonyl (C=O) groups is 1. The number of amides is 1. The van der Waals surface area contributed by atoms with Gasteiger partial charge in [-0.3, -0.25) is 0 Å². The Hall–Kier alpha value is -3.80. The van der Waals surface area contributed by atoms with E-state index in [4.69, 9.17) is 14.5 Å². The van der Waals surface area contributed by atoms with Gasteiger partial charge in [0.15, 0.2) is 0 Å². The number of fused-ring (bicyclic) bond motifs is 2. The number of ether oxygens (including phenoxy) is 2. The number of alkyl carbamates (subject to hydrolysis) is 1. The fraction of sp³-hybridized carbons (Fsp3) is 0.259. The number of nitrogens with zero attached hydrogens (tertiary/aromatic N) is 1. The predicted molar refractivity (Wildman–Crippen MR) is 134 cm³/mol. The zero-order valence-corrected chi connectivity index (χ0v) is 19.7. The first-order valence-corrected chi connectivity index (χ1v) is 11.0. The second kappa shape index (κ2) is 9.36. The molecule has 1 amide bonds. The van der Waals surface area contributed by atoms with E-state index in [1.807, 2.05) is 31.2 Å². The van der Waals surface area contributed by atoms with Gasteiger partial charge in [-0.15, -0.1) is 0 Å². The number of pyridine rings is 1. The minimum Gasteiger partial charge on any atom is -0.496 e. The number of hydrogen-bond acceptors (Lipinski definition) is 5. The van der Waals surface area contributed by atoms with Crippen LogP contribution < -0.4 is 15.4 Å². The third kappa shape index (κ3) is 4.70. The van der Waals surface area contributed by atoms with E-state index in [-0.39, 0.29) is 0 Å². The van der Waals surface area contributed by atoms with Crippen LogP contribution in [0.3, 0.4) is 0 Å². The predicted octanol–water partition coefficient (Wildman–Crippen LogP) is 5.96. The Balaban J connectivity index is 1.78. The summed E-state index contributed by atoms with van der Waals surface area (Å²) in [5.41, 5.74) is 8.36. The highest BCUT2D eigenvalue weighted by Crippen LogP contribution is 2.37. The number of rotatable bonds is 6. The number of aryl methyl sites for hydroxylation is 3. The van der Waals surface area contributed by atoms with Gasteiger partial charge in [-0.1, -0.05) is 12.1 Å². The molecule has 0 saturated carbocycles. The molecule has 0 fully saturated rings. The van der Waals surface area contributed by atoms with E-state index >= 15 is 0 Å². The minimum atomic E-state index is -0.421. The van der Waals surface area contributed by atoms with Crippen LogP contribution in [0.25, 0.3) is 21.8 Å². The minimum absolute atomic E-state index is 0.321. The van der Waals surface area contributed by atoms with Crippen molar-refractivity contribution >= 4 is 39.3 Å². The highest BCUT2D eigenvalue weighted by atomic mass is 16.5. The Bertz CT molecular complexity index is 1350. The molecule has 33 heavy (non-hydrogen) atoms. The SMILES string of the molecule is CNC(=O)OCCc1cccc(Nc2c3cc(C)c(C)cc3nc3cc(OC)c(C)cc23)c1. The number of hydrogen-bond donors (Lipinski definition) is 2. The van der Waals surface area contributed by atoms with Crippen LogP contribution >= 0.6 is 0 Å². The van der Waals surface area contributed by atoms with Gasteiger partial charge in [0.2, 0.25) is 0 Å². The molecule has 1 aromatic heterocycles. The van der Waals surface area contributed by atoms with E-state index in [1.54, 1.807) is 14.2 Å². The first-order chi connectivity index (χ1) is 15.9. The van der Waals surface area contributed by atoms with Gasteiger partial charge in [-0.2, -0.15) is 0 Å². The molecule has 6 heteroatoms. The van der Waals surface area contributed by atoms with Crippen LogP contribution in [0.1, 0.15) is 22.3 Å². The Morgan fingerprint density at radius 2 is 1.64 bits per heavy atom. The molecule has 0 unspecified atom stereocenters. The smallest absolute Gasteiger partial charge is 0.406 e. The molecule has 0 bridgehead atoms. The maximum atomic E-state index is 11.3. The van der Waals surface area contributed by atoms with Crippen molar-refractivity contribution in [3.05, 3.63) is 70.8 Å². The second-order valence-electron chi connectivity index (χ2n) is 8.24. The van der Waals surface area contributed by atoms with Gasteiger partial charge in [0.25, 0.3) is 0 Å². The zero-order chi connectivity index (χ0) is 23.5. The lowest BCUT2D eigenvalue weighted by Crippen LogP contribution is -2.20. The summed E-state index contributed by atoms with van der Waals surface area (Å²) in [4.78, 5) is 16.3. The Labute approximate surface area is 193 Å². The summed E-state index contributed by atoms with van der Waals surface area (Å²) in [6.07, 6.45) is 0.213. The van der Waals surface area contributed by atoms with Gasteiger partial charge in [0, 0.05) is 36.0 Å². The van der Waals surface area contributed by atoms with E-state index in [9.17, 15) is 4.79 Å². The highest BCUT2D eigenvalue weighted by Gasteiger charge is 2.14. The van der Waals surface area contributed by atoms with Crippen LogP contribution in [0.15, 0.2) is 48.5 Å². The summed E-state index contributed by atoms with van der Waals surface area (Å²) in [7, 11) is 3.23. The van der Waals surface area contributed by atoms with Crippen molar-refractivity contribution < 1.29 is 14.3 Å². The molecule has 4 rings (SSSR count). The first kappa shape index (κ1) is 22.4. The fourth-order valence-corrected chi connectivity index (χ4v) is 3.98. The molecule has 6 nitrogen and oxygen atoms in total. The normalized spacial score (nSPS) is 10.9. The van der Waals surface area contributed by atoms with E-state index < -0.39 is 6.09 Å². The highest BCUT2D eigenvalue weighted by molar-refractivity contribution is 6.09. The van der Waals surface area contributed by atoms with Gasteiger partial charge in [-0.25, -0.2) is 9.78 Å². The lowest BCUT2D eigenvalue weighted by molar-refractivity contribution is 0.150. The third-order valence-electron chi connectivity index (χ3n) is 5.93. The fourth-order valence-electron chi connectivity index (χ4n) is 3.98. The molecule has 0 spiro atoms. The van der Waals surface area contributed by atoms with E-state index in [0.717, 1.165) is 50.1 Å². The summed E-state index contributed by atoms with van der Waals surface area (Å²) >= 11 is 0. The monoisotopic (exact) mass is 443 g/mol. The molecular formula is C27H29N3O3. The topological polar surface area (TPSA) is 72.5 Å². The van der Waals surface area contributed by atoms with Crippen molar-refractivity contribution in [1.82, 2.24) is 10.3 Å². The summed E-state index contributed by atoms with van der Waals surface area (Å²) in [5.74, 6) is 0.822. The van der Waals surface area contributed by atoms with Gasteiger partial charge < -0.3 is 20.1 Å². The number of aromatic nitrogens is 1. The number of anilines is 2. The maximum absolute atomic E-state index is 11.3. The van der Waals surface area contributed by atoms with Crippen LogP contribution in [0, 0.1) is 20.8 Å². The zero-order valence-electron chi connectivity index (χ0n) is 19.7. The van der Waals surface area contributed by atoms with Crippen molar-refractivity contribution in [3.8, 4) is 5.75 Å². The van der Waals surface area contributed by atoms with Crippen molar-refractivity contribution in [2.24, 2.45) is 0 Å². The van der Waals surface area contributed by atoms with Crippen molar-refractivity contribution in [2.45, 2.75) is 27.2 Å². The van der Waals surface area contributed by atoms with Crippen LogP contribution in [0.5, 0.6) is 5.75 Å². The number of methoxy groups -OCH3 is 1. The van der Waals surface area contributed by atoms with Gasteiger partial charge in [0.05, 0.1) is 30.4 Å². The Kier molecular flexibility index (Phi) is 6.36. The van der Waals surface area contributed by atoms with Crippen LogP contribution in [0.2, 0.25) is 0 Å². The summed E-state index contributed by atoms with van der Waals surface area (Å²) in [6, 6.07) is 16.6. The van der Waals surface area contributed by atoms with Gasteiger partial charge in [-0.05, 0) is 73.4 Å². The van der Waals surface area contributed by atoms with Crippen molar-refractivity contribution in [2.75, 3.05) is 26.1 Å². The van der Waals surface area contributed by atoms with Gasteiger partial charge >= 0.3 is 6.09 Å². The molecule has 0 radical (unpaired) electrons. The van der Waals surface area contributed by atoms with Crippen LogP contribution in [-0.4, -0.2) is 31.8 Å². The average Bonchev–Trinajstić information content (AvgIpc) is 2.80. The standard InChI is InChI=1S/C27H29N3O3/c1-16-11-21-23(13-17(16)2)30-24-15-25(32-5)18(3)12-22(24)26(21)29-20-8-6-7-19(14-20)9-10-33-27(31)28-4/h6-8,11-15H,9-10H2,1-5H3,(H,28,31)(H,29,30). The lowest BCUT2D eigenvalue weighted by atomic mass is 10.0. The molecule has 0 aliphatic heterocycles. The summed E-state index contributed by atoms with van der Waals surface area (Å²) in [6.45, 7) is 6.59. The van der Waals surface area contributed by atoms with Crippen LogP contribution in [0.4, 0.5) is 16.2 Å². The molecule has 0 atom stereocenters. The summed E-state index contributed by atoms with van der Waals surface area (Å²) < 4.78 is 10.7. The number of nitrogens with one attached hydrogen (secondary N) is 2. The van der Waals surface area contributed by atoms with Crippen molar-refractivity contribution in [3.63, 3.8) is 0 Å². The molecule has 0 aliphatic carbocycles. The molecule has 1 heterocycles. The van der Waals surface area contributed by atoms with Crippen LogP contribution in [-0.2, 0) is 11.2 Å². The Morgan fingerprint density at radius 1 is 0.939 bits per heavy atom.